The van der Waals surface area contributed by atoms with E-state index in [0.717, 1.165) is 32.2 Å². The highest BCUT2D eigenvalue weighted by Crippen LogP contribution is 2.36. The van der Waals surface area contributed by atoms with Gasteiger partial charge < -0.3 is 9.84 Å². The molecular weight excluding hydrogens is 246 g/mol. The predicted molar refractivity (Wildman–Crippen MR) is 69.0 cm³/mol. The van der Waals surface area contributed by atoms with Crippen molar-refractivity contribution in [2.75, 3.05) is 6.54 Å². The van der Waals surface area contributed by atoms with Crippen molar-refractivity contribution in [1.29, 1.82) is 0 Å². The van der Waals surface area contributed by atoms with Crippen LogP contribution in [0.15, 0.2) is 0 Å². The molecule has 4 N–H and O–H groups in total. The molecule has 0 radical (unpaired) electrons. The van der Waals surface area contributed by atoms with Crippen LogP contribution in [0.4, 0.5) is 0 Å². The van der Waals surface area contributed by atoms with Crippen molar-refractivity contribution in [3.05, 3.63) is 0 Å². The fourth-order valence-corrected chi connectivity index (χ4v) is 3.90. The van der Waals surface area contributed by atoms with E-state index in [2.05, 4.69) is 10.3 Å². The third-order valence-corrected chi connectivity index (χ3v) is 4.82. The molecule has 3 saturated heterocycles. The number of hydrogen-bond acceptors (Lipinski definition) is 5. The van der Waals surface area contributed by atoms with Crippen molar-refractivity contribution in [3.8, 4) is 0 Å². The number of carbonyl (C=O) groups excluding carboxylic acids is 1. The number of piperidine rings is 1. The molecule has 0 aliphatic carbocycles. The Balaban J connectivity index is 1.54. The smallest absolute Gasteiger partial charge is 0.263 e. The van der Waals surface area contributed by atoms with Crippen molar-refractivity contribution in [2.24, 2.45) is 5.84 Å². The first-order valence-corrected chi connectivity index (χ1v) is 7.27. The third-order valence-electron chi connectivity index (χ3n) is 4.82. The van der Waals surface area contributed by atoms with Crippen molar-refractivity contribution < 1.29 is 14.6 Å². The van der Waals surface area contributed by atoms with Crippen molar-refractivity contribution >= 4 is 5.91 Å². The molecule has 0 spiro atoms. The van der Waals surface area contributed by atoms with Gasteiger partial charge in [-0.25, -0.2) is 5.84 Å². The lowest BCUT2D eigenvalue weighted by atomic mass is 9.99. The molecule has 4 atom stereocenters. The highest BCUT2D eigenvalue weighted by molar-refractivity contribution is 5.80. The van der Waals surface area contributed by atoms with Crippen LogP contribution in [0.25, 0.3) is 0 Å². The lowest BCUT2D eigenvalue weighted by Gasteiger charge is -2.38. The number of nitrogens with zero attached hydrogens (tertiary/aromatic N) is 1. The normalized spacial score (nSPS) is 42.5. The zero-order chi connectivity index (χ0) is 13.4. The minimum absolute atomic E-state index is 0.126. The third kappa shape index (κ3) is 2.63. The summed E-state index contributed by atoms with van der Waals surface area (Å²) in [5.74, 6) is 4.91. The highest BCUT2D eigenvalue weighted by Gasteiger charge is 2.42. The largest absolute Gasteiger partial charge is 0.393 e. The Labute approximate surface area is 113 Å². The number of nitrogens with one attached hydrogen (secondary N) is 1. The van der Waals surface area contributed by atoms with Crippen molar-refractivity contribution in [1.82, 2.24) is 10.3 Å². The predicted octanol–water partition coefficient (Wildman–Crippen LogP) is -0.488. The van der Waals surface area contributed by atoms with Gasteiger partial charge in [-0.05, 0) is 38.5 Å². The van der Waals surface area contributed by atoms with Crippen LogP contribution in [0.3, 0.4) is 0 Å². The summed E-state index contributed by atoms with van der Waals surface area (Å²) >= 11 is 0. The topological polar surface area (TPSA) is 87.8 Å². The second-order valence-electron chi connectivity index (χ2n) is 6.04. The Morgan fingerprint density at radius 2 is 1.95 bits per heavy atom. The molecule has 0 saturated carbocycles. The minimum atomic E-state index is -0.386. The maximum atomic E-state index is 11.4. The number of ether oxygens (including phenoxy) is 1. The SMILES string of the molecule is NNC(=O)C1CCC(CN2C3CCC2CC(O)C3)O1. The van der Waals surface area contributed by atoms with Gasteiger partial charge in [-0.1, -0.05) is 0 Å². The van der Waals surface area contributed by atoms with Crippen LogP contribution in [-0.4, -0.2) is 52.9 Å². The maximum absolute atomic E-state index is 11.4. The number of amides is 1. The number of nitrogens with two attached hydrogens (primary N) is 1. The van der Waals surface area contributed by atoms with Crippen LogP contribution < -0.4 is 11.3 Å². The monoisotopic (exact) mass is 269 g/mol. The average Bonchev–Trinajstić information content (AvgIpc) is 2.94. The van der Waals surface area contributed by atoms with Crippen molar-refractivity contribution in [2.45, 2.75) is 68.9 Å². The first kappa shape index (κ1) is 13.3. The van der Waals surface area contributed by atoms with Crippen LogP contribution in [0, 0.1) is 0 Å². The molecule has 6 heteroatoms. The molecule has 4 unspecified atom stereocenters. The highest BCUT2D eigenvalue weighted by atomic mass is 16.5. The molecule has 19 heavy (non-hydrogen) atoms. The molecular formula is C13H23N3O3. The van der Waals surface area contributed by atoms with E-state index in [9.17, 15) is 9.90 Å². The number of hydrogen-bond donors (Lipinski definition) is 3. The first-order chi connectivity index (χ1) is 9.17. The Bertz CT molecular complexity index is 338. The molecule has 3 rings (SSSR count). The van der Waals surface area contributed by atoms with Gasteiger partial charge in [0.15, 0.2) is 0 Å². The Hall–Kier alpha value is -0.690. The number of carbonyl (C=O) groups is 1. The Morgan fingerprint density at radius 3 is 2.58 bits per heavy atom. The standard InChI is InChI=1S/C13H23N3O3/c14-15-13(18)12-4-3-11(19-12)7-16-8-1-2-9(16)6-10(17)5-8/h8-12,17H,1-7,14H2,(H,15,18). The number of rotatable bonds is 3. The maximum Gasteiger partial charge on any atom is 0.263 e. The van der Waals surface area contributed by atoms with Gasteiger partial charge in [-0.15, -0.1) is 0 Å². The number of aliphatic hydroxyl groups is 1. The van der Waals surface area contributed by atoms with Crippen LogP contribution in [0.5, 0.6) is 0 Å². The van der Waals surface area contributed by atoms with E-state index < -0.39 is 0 Å². The minimum Gasteiger partial charge on any atom is -0.393 e. The summed E-state index contributed by atoms with van der Waals surface area (Å²) < 4.78 is 5.77. The average molecular weight is 269 g/mol. The molecule has 3 heterocycles. The van der Waals surface area contributed by atoms with Gasteiger partial charge in [0, 0.05) is 18.6 Å². The number of hydrazine groups is 1. The molecule has 1 amide bonds. The zero-order valence-corrected chi connectivity index (χ0v) is 11.1. The van der Waals surface area contributed by atoms with Crippen LogP contribution in [-0.2, 0) is 9.53 Å². The van der Waals surface area contributed by atoms with Gasteiger partial charge in [-0.3, -0.25) is 15.1 Å². The number of fused-ring (bicyclic) bond motifs is 2. The molecule has 0 aromatic rings. The summed E-state index contributed by atoms with van der Waals surface area (Å²) in [6.07, 6.45) is 5.40. The van der Waals surface area contributed by atoms with Gasteiger partial charge in [0.2, 0.25) is 0 Å². The van der Waals surface area contributed by atoms with Crippen LogP contribution in [0.1, 0.15) is 38.5 Å². The van der Waals surface area contributed by atoms with E-state index in [1.807, 2.05) is 0 Å². The summed E-state index contributed by atoms with van der Waals surface area (Å²) in [7, 11) is 0. The summed E-state index contributed by atoms with van der Waals surface area (Å²) in [4.78, 5) is 13.9. The molecule has 108 valence electrons. The van der Waals surface area contributed by atoms with E-state index >= 15 is 0 Å². The molecule has 3 fully saturated rings. The van der Waals surface area contributed by atoms with Gasteiger partial charge in [-0.2, -0.15) is 0 Å². The summed E-state index contributed by atoms with van der Waals surface area (Å²) in [6.45, 7) is 0.885. The fraction of sp³-hybridized carbons (Fsp3) is 0.923. The lowest BCUT2D eigenvalue weighted by molar-refractivity contribution is -0.132. The first-order valence-electron chi connectivity index (χ1n) is 7.27. The summed E-state index contributed by atoms with van der Waals surface area (Å²) in [5.41, 5.74) is 2.16. The Kier molecular flexibility index (Phi) is 3.75. The fourth-order valence-electron chi connectivity index (χ4n) is 3.90. The zero-order valence-electron chi connectivity index (χ0n) is 11.1. The van der Waals surface area contributed by atoms with E-state index in [0.29, 0.717) is 12.1 Å². The van der Waals surface area contributed by atoms with Gasteiger partial charge >= 0.3 is 0 Å². The van der Waals surface area contributed by atoms with Crippen LogP contribution >= 0.6 is 0 Å². The van der Waals surface area contributed by atoms with Crippen molar-refractivity contribution in [3.63, 3.8) is 0 Å². The lowest BCUT2D eigenvalue weighted by Crippen LogP contribution is -2.48. The summed E-state index contributed by atoms with van der Waals surface area (Å²) in [6, 6.07) is 1.000. The van der Waals surface area contributed by atoms with E-state index in [1.54, 1.807) is 0 Å². The quantitative estimate of drug-likeness (QED) is 0.366. The molecule has 3 aliphatic rings. The van der Waals surface area contributed by atoms with E-state index in [-0.39, 0.29) is 24.2 Å². The number of aliphatic hydroxyl groups excluding tert-OH is 1. The molecule has 0 aromatic carbocycles. The van der Waals surface area contributed by atoms with Gasteiger partial charge in [0.05, 0.1) is 12.2 Å². The van der Waals surface area contributed by atoms with E-state index in [4.69, 9.17) is 10.6 Å². The van der Waals surface area contributed by atoms with Gasteiger partial charge in [0.1, 0.15) is 6.10 Å². The van der Waals surface area contributed by atoms with E-state index in [1.165, 1.54) is 12.8 Å². The molecule has 3 aliphatic heterocycles. The second-order valence-corrected chi connectivity index (χ2v) is 6.04. The van der Waals surface area contributed by atoms with Crippen LogP contribution in [0.2, 0.25) is 0 Å². The Morgan fingerprint density at radius 1 is 1.26 bits per heavy atom. The molecule has 0 aromatic heterocycles. The second kappa shape index (κ2) is 5.36. The summed E-state index contributed by atoms with van der Waals surface area (Å²) in [5, 5.41) is 9.79. The molecule has 2 bridgehead atoms. The molecule has 6 nitrogen and oxygen atoms in total. The van der Waals surface area contributed by atoms with Gasteiger partial charge in [0.25, 0.3) is 5.91 Å².